The van der Waals surface area contributed by atoms with E-state index < -0.39 is 4.92 Å². The molecule has 25 heavy (non-hydrogen) atoms. The van der Waals surface area contributed by atoms with Crippen molar-refractivity contribution < 1.29 is 15.1 Å². The largest absolute Gasteiger partial charge is 0.400 e. The number of rotatable bonds is 9. The Morgan fingerprint density at radius 2 is 2.00 bits per heavy atom. The van der Waals surface area contributed by atoms with Crippen LogP contribution in [0.1, 0.15) is 6.92 Å². The summed E-state index contributed by atoms with van der Waals surface area (Å²) in [5.74, 6) is 0. The number of allylic oxidation sites excluding steroid dienone is 3. The number of anilines is 1. The lowest BCUT2D eigenvalue weighted by molar-refractivity contribution is -0.418. The van der Waals surface area contributed by atoms with Gasteiger partial charge in [-0.05, 0) is 37.3 Å². The van der Waals surface area contributed by atoms with Gasteiger partial charge in [0.05, 0.1) is 17.2 Å². The number of nitrogens with zero attached hydrogens (tertiary/aromatic N) is 4. The summed E-state index contributed by atoms with van der Waals surface area (Å²) in [5, 5.41) is 34.4. The minimum atomic E-state index is -0.529. The topological polar surface area (TPSA) is 112 Å². The first-order valence-corrected chi connectivity index (χ1v) is 7.57. The normalized spacial score (nSPS) is 11.3. The minimum absolute atomic E-state index is 0.102. The number of aliphatic hydroxyl groups is 2. The van der Waals surface area contributed by atoms with Crippen LogP contribution in [0.25, 0.3) is 0 Å². The Morgan fingerprint density at radius 1 is 1.36 bits per heavy atom. The maximum atomic E-state index is 10.5. The Morgan fingerprint density at radius 3 is 2.48 bits per heavy atom. The van der Waals surface area contributed by atoms with Crippen molar-refractivity contribution in [3.05, 3.63) is 71.1 Å². The average molecular weight is 348 g/mol. The zero-order valence-corrected chi connectivity index (χ0v) is 14.4. The minimum Gasteiger partial charge on any atom is -0.400 e. The highest BCUT2D eigenvalue weighted by molar-refractivity contribution is 5.52. The van der Waals surface area contributed by atoms with Crippen LogP contribution in [0, 0.1) is 10.1 Å². The number of aliphatic hydroxyl groups excluding tert-OH is 2. The maximum Gasteiger partial charge on any atom is 0.268 e. The molecule has 8 heteroatoms. The Bertz CT molecular complexity index is 610. The summed E-state index contributed by atoms with van der Waals surface area (Å²) in [6, 6.07) is 7.43. The van der Waals surface area contributed by atoms with Crippen molar-refractivity contribution in [3.63, 3.8) is 0 Å². The lowest BCUT2D eigenvalue weighted by Gasteiger charge is -2.21. The first-order chi connectivity index (χ1) is 12.1. The third-order valence-corrected chi connectivity index (χ3v) is 2.98. The number of hydrogen-bond donors (Lipinski definition) is 2. The fourth-order valence-corrected chi connectivity index (χ4v) is 1.80. The molecule has 1 aromatic carbocycles. The molecule has 2 N–H and O–H groups in total. The summed E-state index contributed by atoms with van der Waals surface area (Å²) < 4.78 is 0. The molecule has 0 saturated carbocycles. The van der Waals surface area contributed by atoms with Crippen LogP contribution in [0.5, 0.6) is 0 Å². The lowest BCUT2D eigenvalue weighted by Crippen LogP contribution is -2.25. The van der Waals surface area contributed by atoms with E-state index in [4.69, 9.17) is 10.2 Å². The van der Waals surface area contributed by atoms with E-state index in [1.54, 1.807) is 0 Å². The second kappa shape index (κ2) is 13.6. The van der Waals surface area contributed by atoms with Crippen LogP contribution in [0.3, 0.4) is 0 Å². The first kappa shape index (κ1) is 22.2. The van der Waals surface area contributed by atoms with Crippen LogP contribution >= 0.6 is 0 Å². The molecule has 0 radical (unpaired) electrons. The van der Waals surface area contributed by atoms with Gasteiger partial charge < -0.3 is 15.1 Å². The van der Waals surface area contributed by atoms with E-state index in [2.05, 4.69) is 16.8 Å². The van der Waals surface area contributed by atoms with E-state index in [9.17, 15) is 10.1 Å². The zero-order chi connectivity index (χ0) is 19.1. The van der Waals surface area contributed by atoms with Gasteiger partial charge in [-0.1, -0.05) is 6.58 Å². The van der Waals surface area contributed by atoms with Gasteiger partial charge in [0.2, 0.25) is 0 Å². The highest BCUT2D eigenvalue weighted by atomic mass is 16.6. The van der Waals surface area contributed by atoms with Gasteiger partial charge >= 0.3 is 0 Å². The van der Waals surface area contributed by atoms with Gasteiger partial charge in [-0.25, -0.2) is 0 Å². The van der Waals surface area contributed by atoms with Gasteiger partial charge in [-0.2, -0.15) is 10.2 Å². The molecule has 1 aromatic rings. The summed E-state index contributed by atoms with van der Waals surface area (Å²) in [4.78, 5) is 12.0. The third kappa shape index (κ3) is 8.54. The molecule has 1 rings (SSSR count). The van der Waals surface area contributed by atoms with Crippen molar-refractivity contribution in [2.75, 3.05) is 31.7 Å². The Kier molecular flexibility index (Phi) is 12.0. The first-order valence-electron chi connectivity index (χ1n) is 7.57. The second-order valence-electron chi connectivity index (χ2n) is 4.43. The smallest absolute Gasteiger partial charge is 0.268 e. The van der Waals surface area contributed by atoms with Gasteiger partial charge in [0.1, 0.15) is 0 Å². The standard InChI is InChI=1S/C16H20N4O3.CH4O/c1-3-15(20(22)23)6-5-11-17-18-14-7-9-16(10-8-14)19(4-2)12-13-21;1-2/h3,5-11,21H,1,4,12-13H2,2H3;2H,1H3/b11-5+,15-6+,18-17?;. The van der Waals surface area contributed by atoms with Crippen LogP contribution in [-0.4, -0.2) is 41.9 Å². The molecule has 0 amide bonds. The van der Waals surface area contributed by atoms with Crippen LogP contribution in [0.4, 0.5) is 11.4 Å². The predicted octanol–water partition coefficient (Wildman–Crippen LogP) is 3.06. The molecule has 0 fully saturated rings. The van der Waals surface area contributed by atoms with E-state index in [0.29, 0.717) is 12.2 Å². The Hall–Kier alpha value is -2.84. The maximum absolute atomic E-state index is 10.5. The molecular formula is C17H24N4O4. The molecule has 0 aliphatic heterocycles. The van der Waals surface area contributed by atoms with E-state index in [1.165, 1.54) is 18.4 Å². The SMILES string of the molecule is C=C/C(=C\C=C\N=Nc1ccc(N(CC)CCO)cc1)[N+](=O)[O-].CO. The van der Waals surface area contributed by atoms with Crippen molar-refractivity contribution in [2.24, 2.45) is 10.2 Å². The molecule has 0 saturated heterocycles. The third-order valence-electron chi connectivity index (χ3n) is 2.98. The van der Waals surface area contributed by atoms with Crippen molar-refractivity contribution in [1.29, 1.82) is 0 Å². The zero-order valence-electron chi connectivity index (χ0n) is 14.4. The fraction of sp³-hybridized carbons (Fsp3) is 0.294. The van der Waals surface area contributed by atoms with Crippen LogP contribution < -0.4 is 4.90 Å². The van der Waals surface area contributed by atoms with Gasteiger partial charge in [0.15, 0.2) is 0 Å². The number of benzene rings is 1. The molecule has 0 aromatic heterocycles. The molecule has 8 nitrogen and oxygen atoms in total. The van der Waals surface area contributed by atoms with E-state index in [0.717, 1.165) is 25.4 Å². The Labute approximate surface area is 147 Å². The number of hydrogen-bond acceptors (Lipinski definition) is 7. The molecular weight excluding hydrogens is 324 g/mol. The number of nitro groups is 1. The highest BCUT2D eigenvalue weighted by Crippen LogP contribution is 2.19. The quantitative estimate of drug-likeness (QED) is 0.308. The monoisotopic (exact) mass is 348 g/mol. The lowest BCUT2D eigenvalue weighted by atomic mass is 10.2. The predicted molar refractivity (Wildman–Crippen MR) is 98.5 cm³/mol. The summed E-state index contributed by atoms with van der Waals surface area (Å²) in [5.41, 5.74) is 1.56. The molecule has 0 atom stereocenters. The highest BCUT2D eigenvalue weighted by Gasteiger charge is 2.03. The molecule has 0 aliphatic rings. The van der Waals surface area contributed by atoms with E-state index in [1.807, 2.05) is 36.1 Å². The molecule has 0 bridgehead atoms. The van der Waals surface area contributed by atoms with Crippen molar-refractivity contribution in [3.8, 4) is 0 Å². The summed E-state index contributed by atoms with van der Waals surface area (Å²) in [6.07, 6.45) is 5.25. The van der Waals surface area contributed by atoms with Gasteiger partial charge in [0, 0.05) is 44.2 Å². The van der Waals surface area contributed by atoms with Crippen molar-refractivity contribution in [1.82, 2.24) is 0 Å². The second-order valence-corrected chi connectivity index (χ2v) is 4.43. The van der Waals surface area contributed by atoms with E-state index in [-0.39, 0.29) is 12.3 Å². The van der Waals surface area contributed by atoms with Crippen LogP contribution in [0.15, 0.2) is 71.2 Å². The molecule has 0 heterocycles. The van der Waals surface area contributed by atoms with Gasteiger partial charge in [0.25, 0.3) is 5.70 Å². The van der Waals surface area contributed by atoms with Crippen molar-refractivity contribution >= 4 is 11.4 Å². The van der Waals surface area contributed by atoms with Gasteiger partial charge in [-0.3, -0.25) is 10.1 Å². The molecule has 0 aliphatic carbocycles. The molecule has 0 spiro atoms. The Balaban J connectivity index is 0.00000277. The average Bonchev–Trinajstić information content (AvgIpc) is 2.64. The molecule has 136 valence electrons. The molecule has 0 unspecified atom stereocenters. The summed E-state index contributed by atoms with van der Waals surface area (Å²) in [6.45, 7) is 6.86. The van der Waals surface area contributed by atoms with E-state index >= 15 is 0 Å². The summed E-state index contributed by atoms with van der Waals surface area (Å²) >= 11 is 0. The van der Waals surface area contributed by atoms with Crippen LogP contribution in [0.2, 0.25) is 0 Å². The van der Waals surface area contributed by atoms with Crippen molar-refractivity contribution in [2.45, 2.75) is 6.92 Å². The fourth-order valence-electron chi connectivity index (χ4n) is 1.80. The summed E-state index contributed by atoms with van der Waals surface area (Å²) in [7, 11) is 1.00. The van der Waals surface area contributed by atoms with Gasteiger partial charge in [-0.15, -0.1) is 0 Å². The number of likely N-dealkylation sites (N-methyl/N-ethyl adjacent to an activating group) is 1. The number of azo groups is 1. The van der Waals surface area contributed by atoms with Crippen LogP contribution in [-0.2, 0) is 0 Å².